The molecule has 0 saturated heterocycles. The third-order valence-electron chi connectivity index (χ3n) is 3.78. The summed E-state index contributed by atoms with van der Waals surface area (Å²) < 4.78 is 10.5. The van der Waals surface area contributed by atoms with E-state index < -0.39 is 0 Å². The van der Waals surface area contributed by atoms with E-state index in [-0.39, 0.29) is 25.2 Å². The summed E-state index contributed by atoms with van der Waals surface area (Å²) >= 11 is 6.15. The molecule has 0 atom stereocenters. The number of carbonyl (C=O) groups excluding carboxylic acids is 2. The van der Waals surface area contributed by atoms with E-state index in [0.29, 0.717) is 34.3 Å². The van der Waals surface area contributed by atoms with Gasteiger partial charge in [0, 0.05) is 25.6 Å². The molecule has 25 heavy (non-hydrogen) atoms. The van der Waals surface area contributed by atoms with Gasteiger partial charge in [0.05, 0.1) is 10.7 Å². The summed E-state index contributed by atoms with van der Waals surface area (Å²) in [6, 6.07) is 12.1. The summed E-state index contributed by atoms with van der Waals surface area (Å²) in [7, 11) is 0. The fourth-order valence-electron chi connectivity index (χ4n) is 2.54. The summed E-state index contributed by atoms with van der Waals surface area (Å²) in [4.78, 5) is 25.7. The monoisotopic (exact) mass is 360 g/mol. The van der Waals surface area contributed by atoms with E-state index in [1.165, 1.54) is 11.8 Å². The number of hydrogen-bond donors (Lipinski definition) is 1. The summed E-state index contributed by atoms with van der Waals surface area (Å²) in [6.45, 7) is 2.22. The van der Waals surface area contributed by atoms with Crippen molar-refractivity contribution in [2.24, 2.45) is 0 Å². The highest BCUT2D eigenvalue weighted by molar-refractivity contribution is 6.33. The lowest BCUT2D eigenvalue weighted by molar-refractivity contribution is -0.116. The number of amides is 2. The van der Waals surface area contributed by atoms with Gasteiger partial charge in [-0.25, -0.2) is 0 Å². The van der Waals surface area contributed by atoms with Gasteiger partial charge >= 0.3 is 0 Å². The van der Waals surface area contributed by atoms with E-state index in [9.17, 15) is 9.59 Å². The number of halogens is 1. The first-order valence-electron chi connectivity index (χ1n) is 7.77. The molecular weight excluding hydrogens is 344 g/mol. The molecule has 0 radical (unpaired) electrons. The molecule has 0 aliphatic carbocycles. The van der Waals surface area contributed by atoms with Gasteiger partial charge in [0.1, 0.15) is 0 Å². The van der Waals surface area contributed by atoms with E-state index in [0.717, 1.165) is 0 Å². The third kappa shape index (κ3) is 3.85. The third-order valence-corrected chi connectivity index (χ3v) is 4.10. The minimum atomic E-state index is -0.249. The van der Waals surface area contributed by atoms with Gasteiger partial charge in [-0.1, -0.05) is 23.7 Å². The molecule has 1 aliphatic rings. The van der Waals surface area contributed by atoms with E-state index in [2.05, 4.69) is 5.32 Å². The Balaban J connectivity index is 1.62. The standard InChI is InChI=1S/C18H17ClN2O4/c1-12(22)21(15-5-3-2-4-14(15)19)9-8-20-18(23)13-6-7-16-17(10-13)25-11-24-16/h2-7,10H,8-9,11H2,1H3,(H,20,23). The topological polar surface area (TPSA) is 67.9 Å². The van der Waals surface area contributed by atoms with Crippen molar-refractivity contribution in [3.63, 3.8) is 0 Å². The molecule has 1 heterocycles. The molecule has 1 aliphatic heterocycles. The Morgan fingerprint density at radius 2 is 1.92 bits per heavy atom. The Morgan fingerprint density at radius 1 is 1.16 bits per heavy atom. The second-order valence-electron chi connectivity index (χ2n) is 5.45. The molecule has 6 nitrogen and oxygen atoms in total. The zero-order valence-electron chi connectivity index (χ0n) is 13.6. The SMILES string of the molecule is CC(=O)N(CCNC(=O)c1ccc2c(c1)OCO2)c1ccccc1Cl. The Morgan fingerprint density at radius 3 is 2.68 bits per heavy atom. The second kappa shape index (κ2) is 7.44. The maximum absolute atomic E-state index is 12.3. The molecule has 3 rings (SSSR count). The minimum absolute atomic E-state index is 0.148. The molecule has 0 aromatic heterocycles. The quantitative estimate of drug-likeness (QED) is 0.890. The van der Waals surface area contributed by atoms with Gasteiger partial charge in [0.2, 0.25) is 12.7 Å². The highest BCUT2D eigenvalue weighted by atomic mass is 35.5. The Bertz CT molecular complexity index is 809. The smallest absolute Gasteiger partial charge is 0.251 e. The van der Waals surface area contributed by atoms with Crippen LogP contribution in [0.4, 0.5) is 5.69 Å². The molecular formula is C18H17ClN2O4. The fraction of sp³-hybridized carbons (Fsp3) is 0.222. The number of benzene rings is 2. The van der Waals surface area contributed by atoms with Crippen molar-refractivity contribution in [1.82, 2.24) is 5.32 Å². The average molecular weight is 361 g/mol. The van der Waals surface area contributed by atoms with Gasteiger partial charge in [-0.2, -0.15) is 0 Å². The van der Waals surface area contributed by atoms with Crippen LogP contribution in [-0.4, -0.2) is 31.7 Å². The lowest BCUT2D eigenvalue weighted by Crippen LogP contribution is -2.37. The second-order valence-corrected chi connectivity index (χ2v) is 5.85. The Hall–Kier alpha value is -2.73. The molecule has 7 heteroatoms. The molecule has 1 N–H and O–H groups in total. The van der Waals surface area contributed by atoms with Crippen LogP contribution in [0.1, 0.15) is 17.3 Å². The van der Waals surface area contributed by atoms with Crippen LogP contribution in [0.2, 0.25) is 5.02 Å². The predicted molar refractivity (Wildman–Crippen MR) is 94.4 cm³/mol. The first-order valence-corrected chi connectivity index (χ1v) is 8.14. The van der Waals surface area contributed by atoms with Crippen molar-refractivity contribution in [3.05, 3.63) is 53.1 Å². The van der Waals surface area contributed by atoms with Crippen LogP contribution in [0.5, 0.6) is 11.5 Å². The number of fused-ring (bicyclic) bond motifs is 1. The Labute approximate surface area is 150 Å². The first kappa shape index (κ1) is 17.1. The van der Waals surface area contributed by atoms with Gasteiger partial charge in [-0.3, -0.25) is 9.59 Å². The van der Waals surface area contributed by atoms with Gasteiger partial charge in [0.15, 0.2) is 11.5 Å². The van der Waals surface area contributed by atoms with Gasteiger partial charge in [-0.05, 0) is 30.3 Å². The lowest BCUT2D eigenvalue weighted by atomic mass is 10.2. The molecule has 130 valence electrons. The number of hydrogen-bond acceptors (Lipinski definition) is 4. The average Bonchev–Trinajstić information content (AvgIpc) is 3.07. The maximum Gasteiger partial charge on any atom is 0.251 e. The van der Waals surface area contributed by atoms with Gasteiger partial charge in [0.25, 0.3) is 5.91 Å². The van der Waals surface area contributed by atoms with E-state index in [1.54, 1.807) is 36.4 Å². The van der Waals surface area contributed by atoms with Crippen LogP contribution in [0.3, 0.4) is 0 Å². The summed E-state index contributed by atoms with van der Waals surface area (Å²) in [5, 5.41) is 3.28. The van der Waals surface area contributed by atoms with Crippen LogP contribution in [0, 0.1) is 0 Å². The molecule has 0 bridgehead atoms. The highest BCUT2D eigenvalue weighted by Crippen LogP contribution is 2.32. The first-order chi connectivity index (χ1) is 12.1. The number of para-hydroxylation sites is 1. The largest absolute Gasteiger partial charge is 0.454 e. The normalized spacial score (nSPS) is 11.9. The van der Waals surface area contributed by atoms with Crippen molar-refractivity contribution in [2.45, 2.75) is 6.92 Å². The molecule has 0 unspecified atom stereocenters. The van der Waals surface area contributed by atoms with Crippen molar-refractivity contribution in [3.8, 4) is 11.5 Å². The number of carbonyl (C=O) groups is 2. The summed E-state index contributed by atoms with van der Waals surface area (Å²) in [5.41, 5.74) is 1.09. The fourth-order valence-corrected chi connectivity index (χ4v) is 2.78. The number of rotatable bonds is 5. The van der Waals surface area contributed by atoms with Crippen LogP contribution in [0.15, 0.2) is 42.5 Å². The summed E-state index contributed by atoms with van der Waals surface area (Å²) in [5.74, 6) is 0.776. The molecule has 2 aromatic rings. The molecule has 0 spiro atoms. The van der Waals surface area contributed by atoms with Crippen LogP contribution in [-0.2, 0) is 4.79 Å². The number of nitrogens with one attached hydrogen (secondary N) is 1. The van der Waals surface area contributed by atoms with E-state index >= 15 is 0 Å². The zero-order valence-corrected chi connectivity index (χ0v) is 14.4. The van der Waals surface area contributed by atoms with Crippen molar-refractivity contribution in [2.75, 3.05) is 24.8 Å². The minimum Gasteiger partial charge on any atom is -0.454 e. The number of anilines is 1. The van der Waals surface area contributed by atoms with E-state index in [1.807, 2.05) is 6.07 Å². The highest BCUT2D eigenvalue weighted by Gasteiger charge is 2.17. The van der Waals surface area contributed by atoms with E-state index in [4.69, 9.17) is 21.1 Å². The molecule has 2 amide bonds. The number of ether oxygens (including phenoxy) is 2. The Kier molecular flexibility index (Phi) is 5.09. The van der Waals surface area contributed by atoms with Crippen molar-refractivity contribution >= 4 is 29.1 Å². The van der Waals surface area contributed by atoms with Crippen molar-refractivity contribution in [1.29, 1.82) is 0 Å². The summed E-state index contributed by atoms with van der Waals surface area (Å²) in [6.07, 6.45) is 0. The number of nitrogens with zero attached hydrogens (tertiary/aromatic N) is 1. The molecule has 0 fully saturated rings. The van der Waals surface area contributed by atoms with Gasteiger partial charge in [-0.15, -0.1) is 0 Å². The lowest BCUT2D eigenvalue weighted by Gasteiger charge is -2.22. The van der Waals surface area contributed by atoms with Crippen LogP contribution < -0.4 is 19.7 Å². The zero-order chi connectivity index (χ0) is 17.8. The molecule has 0 saturated carbocycles. The predicted octanol–water partition coefficient (Wildman–Crippen LogP) is 2.85. The van der Waals surface area contributed by atoms with Crippen LogP contribution in [0.25, 0.3) is 0 Å². The molecule has 2 aromatic carbocycles. The van der Waals surface area contributed by atoms with Crippen LogP contribution >= 0.6 is 11.6 Å². The van der Waals surface area contributed by atoms with Gasteiger partial charge < -0.3 is 19.7 Å². The maximum atomic E-state index is 12.3. The van der Waals surface area contributed by atoms with Crippen molar-refractivity contribution < 1.29 is 19.1 Å².